The Morgan fingerprint density at radius 2 is 2.26 bits per heavy atom. The first kappa shape index (κ1) is 12.2. The van der Waals surface area contributed by atoms with Crippen LogP contribution >= 0.6 is 11.8 Å². The van der Waals surface area contributed by atoms with Gasteiger partial charge in [0.05, 0.1) is 0 Å². The highest BCUT2D eigenvalue weighted by Crippen LogP contribution is 2.38. The maximum atomic E-state index is 11.7. The number of aldehydes is 1. The normalized spacial score (nSPS) is 14.6. The predicted octanol–water partition coefficient (Wildman–Crippen LogP) is 2.18. The molecular weight excluding hydrogens is 262 g/mol. The molecule has 2 aromatic rings. The number of carbonyl (C=O) groups is 1. The van der Waals surface area contributed by atoms with Gasteiger partial charge in [-0.1, -0.05) is 6.07 Å². The number of aromatic amines is 1. The van der Waals surface area contributed by atoms with Crippen LogP contribution < -0.4 is 5.69 Å². The molecule has 1 N–H and O–H groups in total. The van der Waals surface area contributed by atoms with Gasteiger partial charge < -0.3 is 0 Å². The molecule has 0 saturated heterocycles. The Morgan fingerprint density at radius 3 is 2.89 bits per heavy atom. The van der Waals surface area contributed by atoms with Crippen LogP contribution in [-0.2, 0) is 0 Å². The van der Waals surface area contributed by atoms with Gasteiger partial charge in [0.1, 0.15) is 6.29 Å². The van der Waals surface area contributed by atoms with Crippen LogP contribution in [0.5, 0.6) is 0 Å². The molecule has 0 amide bonds. The fourth-order valence-corrected chi connectivity index (χ4v) is 2.95. The van der Waals surface area contributed by atoms with Crippen LogP contribution in [-0.4, -0.2) is 21.1 Å². The van der Waals surface area contributed by atoms with E-state index < -0.39 is 0 Å². The second-order valence-electron chi connectivity index (χ2n) is 4.66. The number of nitrogens with one attached hydrogen (secondary N) is 1. The number of carbonyl (C=O) groups excluding carboxylic acids is 1. The molecule has 0 atom stereocenters. The lowest BCUT2D eigenvalue weighted by Crippen LogP contribution is -2.16. The van der Waals surface area contributed by atoms with E-state index >= 15 is 0 Å². The summed E-state index contributed by atoms with van der Waals surface area (Å²) in [6.45, 7) is 1.95. The fourth-order valence-electron chi connectivity index (χ4n) is 1.98. The van der Waals surface area contributed by atoms with Crippen molar-refractivity contribution < 1.29 is 4.79 Å². The van der Waals surface area contributed by atoms with Crippen molar-refractivity contribution in [3.05, 3.63) is 39.8 Å². The molecule has 1 aromatic carbocycles. The maximum Gasteiger partial charge on any atom is 0.344 e. The molecular formula is C13H13N3O2S. The van der Waals surface area contributed by atoms with Gasteiger partial charge in [0.25, 0.3) is 0 Å². The summed E-state index contributed by atoms with van der Waals surface area (Å²) < 4.78 is 1.72. The zero-order chi connectivity index (χ0) is 13.4. The Bertz CT molecular complexity index is 685. The molecule has 19 heavy (non-hydrogen) atoms. The number of benzene rings is 1. The van der Waals surface area contributed by atoms with Gasteiger partial charge >= 0.3 is 5.69 Å². The SMILES string of the molecule is Cc1cc(C=O)ccc1Sc1n[nH]c(=O)n1C1CC1. The lowest BCUT2D eigenvalue weighted by Gasteiger charge is -2.06. The van der Waals surface area contributed by atoms with Crippen LogP contribution in [0.15, 0.2) is 33.0 Å². The van der Waals surface area contributed by atoms with Crippen molar-refractivity contribution in [2.24, 2.45) is 0 Å². The molecule has 5 nitrogen and oxygen atoms in total. The average molecular weight is 275 g/mol. The monoisotopic (exact) mass is 275 g/mol. The van der Waals surface area contributed by atoms with Crippen LogP contribution in [0.3, 0.4) is 0 Å². The molecule has 0 unspecified atom stereocenters. The predicted molar refractivity (Wildman–Crippen MR) is 71.8 cm³/mol. The van der Waals surface area contributed by atoms with E-state index in [4.69, 9.17) is 0 Å². The van der Waals surface area contributed by atoms with E-state index in [1.165, 1.54) is 11.8 Å². The van der Waals surface area contributed by atoms with E-state index in [0.717, 1.165) is 29.6 Å². The first-order valence-corrected chi connectivity index (χ1v) is 6.91. The van der Waals surface area contributed by atoms with Crippen LogP contribution in [0.25, 0.3) is 0 Å². The molecule has 1 aliphatic carbocycles. The summed E-state index contributed by atoms with van der Waals surface area (Å²) in [7, 11) is 0. The van der Waals surface area contributed by atoms with E-state index in [-0.39, 0.29) is 5.69 Å². The summed E-state index contributed by atoms with van der Waals surface area (Å²) in [5, 5.41) is 7.27. The third kappa shape index (κ3) is 2.35. The molecule has 0 radical (unpaired) electrons. The average Bonchev–Trinajstić information content (AvgIpc) is 3.17. The number of rotatable bonds is 4. The number of H-pyrrole nitrogens is 1. The molecule has 1 heterocycles. The Kier molecular flexibility index (Phi) is 3.02. The number of hydrogen-bond acceptors (Lipinski definition) is 4. The highest BCUT2D eigenvalue weighted by atomic mass is 32.2. The molecule has 1 saturated carbocycles. The van der Waals surface area contributed by atoms with Crippen molar-refractivity contribution in [2.45, 2.75) is 35.9 Å². The topological polar surface area (TPSA) is 67.8 Å². The lowest BCUT2D eigenvalue weighted by atomic mass is 10.2. The summed E-state index contributed by atoms with van der Waals surface area (Å²) >= 11 is 1.45. The van der Waals surface area contributed by atoms with Gasteiger partial charge in [-0.15, -0.1) is 5.10 Å². The number of hydrogen-bond donors (Lipinski definition) is 1. The first-order chi connectivity index (χ1) is 9.19. The summed E-state index contributed by atoms with van der Waals surface area (Å²) in [6.07, 6.45) is 2.90. The Morgan fingerprint density at radius 1 is 1.47 bits per heavy atom. The number of nitrogens with zero attached hydrogens (tertiary/aromatic N) is 2. The highest BCUT2D eigenvalue weighted by molar-refractivity contribution is 7.99. The maximum absolute atomic E-state index is 11.7. The second kappa shape index (κ2) is 4.70. The standard InChI is InChI=1S/C13H13N3O2S/c1-8-6-9(7-17)2-5-11(8)19-13-15-14-12(18)16(13)10-3-4-10/h2,5-7,10H,3-4H2,1H3,(H,14,18). The molecule has 0 bridgehead atoms. The van der Waals surface area contributed by atoms with E-state index in [0.29, 0.717) is 16.8 Å². The van der Waals surface area contributed by atoms with Gasteiger partial charge in [0.2, 0.25) is 0 Å². The van der Waals surface area contributed by atoms with Crippen molar-refractivity contribution in [2.75, 3.05) is 0 Å². The van der Waals surface area contributed by atoms with Crippen molar-refractivity contribution in [1.29, 1.82) is 0 Å². The van der Waals surface area contributed by atoms with Crippen molar-refractivity contribution in [3.8, 4) is 0 Å². The Balaban J connectivity index is 1.93. The number of aromatic nitrogens is 3. The smallest absolute Gasteiger partial charge is 0.298 e. The summed E-state index contributed by atoms with van der Waals surface area (Å²) in [4.78, 5) is 23.4. The van der Waals surface area contributed by atoms with E-state index in [1.54, 1.807) is 10.6 Å². The fraction of sp³-hybridized carbons (Fsp3) is 0.308. The van der Waals surface area contributed by atoms with Gasteiger partial charge in [0.15, 0.2) is 5.16 Å². The molecule has 0 spiro atoms. The van der Waals surface area contributed by atoms with Crippen LogP contribution in [0.2, 0.25) is 0 Å². The van der Waals surface area contributed by atoms with Gasteiger partial charge in [-0.2, -0.15) is 0 Å². The van der Waals surface area contributed by atoms with E-state index in [2.05, 4.69) is 10.2 Å². The summed E-state index contributed by atoms with van der Waals surface area (Å²) in [5.74, 6) is 0. The van der Waals surface area contributed by atoms with Gasteiger partial charge in [0, 0.05) is 16.5 Å². The van der Waals surface area contributed by atoms with Crippen LogP contribution in [0.4, 0.5) is 0 Å². The Hall–Kier alpha value is -1.82. The second-order valence-corrected chi connectivity index (χ2v) is 5.67. The first-order valence-electron chi connectivity index (χ1n) is 6.09. The highest BCUT2D eigenvalue weighted by Gasteiger charge is 2.28. The molecule has 1 aliphatic rings. The minimum atomic E-state index is -0.146. The van der Waals surface area contributed by atoms with E-state index in [1.807, 2.05) is 19.1 Å². The molecule has 6 heteroatoms. The Labute approximate surface area is 114 Å². The molecule has 0 aliphatic heterocycles. The third-order valence-electron chi connectivity index (χ3n) is 3.12. The van der Waals surface area contributed by atoms with Gasteiger partial charge in [-0.25, -0.2) is 9.89 Å². The lowest BCUT2D eigenvalue weighted by molar-refractivity contribution is 0.112. The van der Waals surface area contributed by atoms with Gasteiger partial charge in [-0.05, 0) is 49.2 Å². The van der Waals surface area contributed by atoms with E-state index in [9.17, 15) is 9.59 Å². The molecule has 3 rings (SSSR count). The van der Waals surface area contributed by atoms with Crippen LogP contribution in [0.1, 0.15) is 34.8 Å². The van der Waals surface area contributed by atoms with Gasteiger partial charge in [-0.3, -0.25) is 9.36 Å². The molecule has 98 valence electrons. The summed E-state index contributed by atoms with van der Waals surface area (Å²) in [6, 6.07) is 5.79. The van der Waals surface area contributed by atoms with Crippen molar-refractivity contribution in [3.63, 3.8) is 0 Å². The quantitative estimate of drug-likeness (QED) is 0.868. The van der Waals surface area contributed by atoms with Crippen LogP contribution in [0, 0.1) is 6.92 Å². The molecule has 1 fully saturated rings. The molecule has 1 aromatic heterocycles. The zero-order valence-electron chi connectivity index (χ0n) is 10.4. The van der Waals surface area contributed by atoms with Crippen molar-refractivity contribution in [1.82, 2.24) is 14.8 Å². The third-order valence-corrected chi connectivity index (χ3v) is 4.27. The van der Waals surface area contributed by atoms with Crippen molar-refractivity contribution >= 4 is 18.0 Å². The largest absolute Gasteiger partial charge is 0.344 e. The zero-order valence-corrected chi connectivity index (χ0v) is 11.2. The minimum absolute atomic E-state index is 0.146. The minimum Gasteiger partial charge on any atom is -0.298 e. The number of aryl methyl sites for hydroxylation is 1. The summed E-state index contributed by atoms with van der Waals surface area (Å²) in [5.41, 5.74) is 1.52.